The molecule has 1 heterocycles. The van der Waals surface area contributed by atoms with E-state index >= 15 is 0 Å². The van der Waals surface area contributed by atoms with Crippen molar-refractivity contribution in [2.24, 2.45) is 0 Å². The topological polar surface area (TPSA) is 33.5 Å². The number of amides is 1. The molecule has 25 heavy (non-hydrogen) atoms. The molecule has 0 unspecified atom stereocenters. The molecule has 3 nitrogen and oxygen atoms in total. The summed E-state index contributed by atoms with van der Waals surface area (Å²) in [7, 11) is 0. The van der Waals surface area contributed by atoms with Crippen molar-refractivity contribution in [1.82, 2.24) is 4.90 Å². The molecular weight excluding hydrogens is 337 g/mol. The number of carbonyl (C=O) groups excluding carboxylic acids is 1. The van der Waals surface area contributed by atoms with Crippen molar-refractivity contribution >= 4 is 17.7 Å². The van der Waals surface area contributed by atoms with Gasteiger partial charge in [0, 0.05) is 11.4 Å². The van der Waals surface area contributed by atoms with E-state index in [0.717, 1.165) is 11.3 Å². The molecule has 0 bridgehead atoms. The number of furan rings is 1. The zero-order chi connectivity index (χ0) is 17.5. The first kappa shape index (κ1) is 17.3. The predicted molar refractivity (Wildman–Crippen MR) is 96.5 cm³/mol. The van der Waals surface area contributed by atoms with Gasteiger partial charge in [0.05, 0.1) is 18.6 Å². The lowest BCUT2D eigenvalue weighted by molar-refractivity contribution is -0.129. The largest absolute Gasteiger partial charge is 0.467 e. The molecule has 0 N–H and O–H groups in total. The van der Waals surface area contributed by atoms with Gasteiger partial charge >= 0.3 is 0 Å². The van der Waals surface area contributed by atoms with Gasteiger partial charge in [-0.15, -0.1) is 11.8 Å². The minimum absolute atomic E-state index is 0.0616. The van der Waals surface area contributed by atoms with Gasteiger partial charge in [0.1, 0.15) is 11.6 Å². The Morgan fingerprint density at radius 2 is 1.72 bits per heavy atom. The van der Waals surface area contributed by atoms with Gasteiger partial charge in [-0.1, -0.05) is 42.5 Å². The average molecular weight is 355 g/mol. The molecule has 0 spiro atoms. The summed E-state index contributed by atoms with van der Waals surface area (Å²) in [5, 5.41) is 0. The molecule has 1 aromatic heterocycles. The number of thioether (sulfide) groups is 1. The number of hydrogen-bond donors (Lipinski definition) is 0. The molecule has 0 radical (unpaired) electrons. The number of halogens is 1. The highest BCUT2D eigenvalue weighted by Crippen LogP contribution is 2.22. The highest BCUT2D eigenvalue weighted by molar-refractivity contribution is 8.00. The smallest absolute Gasteiger partial charge is 0.233 e. The maximum Gasteiger partial charge on any atom is 0.233 e. The summed E-state index contributed by atoms with van der Waals surface area (Å²) in [6.07, 6.45) is 1.59. The third kappa shape index (κ3) is 4.97. The molecule has 0 aliphatic carbocycles. The van der Waals surface area contributed by atoms with Crippen molar-refractivity contribution in [2.75, 3.05) is 5.75 Å². The fourth-order valence-electron chi connectivity index (χ4n) is 2.42. The Hall–Kier alpha value is -2.53. The van der Waals surface area contributed by atoms with Gasteiger partial charge in [0.15, 0.2) is 0 Å². The maximum absolute atomic E-state index is 13.7. The third-order valence-corrected chi connectivity index (χ3v) is 4.72. The lowest BCUT2D eigenvalue weighted by Gasteiger charge is -2.22. The fraction of sp³-hybridized carbons (Fsp3) is 0.150. The zero-order valence-electron chi connectivity index (χ0n) is 13.6. The predicted octanol–water partition coefficient (Wildman–Crippen LogP) is 4.74. The SMILES string of the molecule is O=C(CSc1ccccc1F)N(Cc1ccccc1)Cc1ccco1. The van der Waals surface area contributed by atoms with Crippen LogP contribution in [0.2, 0.25) is 0 Å². The van der Waals surface area contributed by atoms with Crippen molar-refractivity contribution in [1.29, 1.82) is 0 Å². The van der Waals surface area contributed by atoms with Crippen molar-refractivity contribution in [3.05, 3.63) is 90.1 Å². The van der Waals surface area contributed by atoms with Crippen molar-refractivity contribution in [3.63, 3.8) is 0 Å². The van der Waals surface area contributed by atoms with E-state index in [-0.39, 0.29) is 17.5 Å². The van der Waals surface area contributed by atoms with Crippen LogP contribution in [0.4, 0.5) is 4.39 Å². The van der Waals surface area contributed by atoms with Crippen molar-refractivity contribution < 1.29 is 13.6 Å². The van der Waals surface area contributed by atoms with E-state index in [0.29, 0.717) is 18.0 Å². The highest BCUT2D eigenvalue weighted by atomic mass is 32.2. The van der Waals surface area contributed by atoms with E-state index < -0.39 is 0 Å². The second-order valence-electron chi connectivity index (χ2n) is 5.53. The first-order valence-corrected chi connectivity index (χ1v) is 8.92. The third-order valence-electron chi connectivity index (χ3n) is 3.68. The van der Waals surface area contributed by atoms with Crippen molar-refractivity contribution in [3.8, 4) is 0 Å². The Morgan fingerprint density at radius 3 is 2.44 bits per heavy atom. The first-order chi connectivity index (χ1) is 12.2. The molecule has 1 amide bonds. The van der Waals surface area contributed by atoms with Crippen LogP contribution in [0, 0.1) is 5.82 Å². The van der Waals surface area contributed by atoms with E-state index in [4.69, 9.17) is 4.42 Å². The molecule has 128 valence electrons. The molecule has 0 saturated carbocycles. The summed E-state index contributed by atoms with van der Waals surface area (Å²) >= 11 is 1.21. The number of hydrogen-bond acceptors (Lipinski definition) is 3. The zero-order valence-corrected chi connectivity index (χ0v) is 14.4. The number of carbonyl (C=O) groups is 1. The van der Waals surface area contributed by atoms with Gasteiger partial charge in [0.2, 0.25) is 5.91 Å². The molecular formula is C20H18FNO2S. The standard InChI is InChI=1S/C20H18FNO2S/c21-18-10-4-5-11-19(18)25-15-20(23)22(14-17-9-6-12-24-17)13-16-7-2-1-3-8-16/h1-12H,13-15H2. The van der Waals surface area contributed by atoms with Gasteiger partial charge in [-0.05, 0) is 29.8 Å². The van der Waals surface area contributed by atoms with Gasteiger partial charge < -0.3 is 9.32 Å². The summed E-state index contributed by atoms with van der Waals surface area (Å²) in [6, 6.07) is 19.9. The van der Waals surface area contributed by atoms with Gasteiger partial charge in [0.25, 0.3) is 0 Å². The average Bonchev–Trinajstić information content (AvgIpc) is 3.14. The molecule has 3 aromatic rings. The molecule has 5 heteroatoms. The number of nitrogens with zero attached hydrogens (tertiary/aromatic N) is 1. The minimum atomic E-state index is -0.305. The van der Waals surface area contributed by atoms with Crippen LogP contribution in [0.3, 0.4) is 0 Å². The Labute approximate surface area is 150 Å². The fourth-order valence-corrected chi connectivity index (χ4v) is 3.26. The Kier molecular flexibility index (Phi) is 5.90. The molecule has 0 fully saturated rings. The monoisotopic (exact) mass is 355 g/mol. The lowest BCUT2D eigenvalue weighted by atomic mass is 10.2. The Morgan fingerprint density at radius 1 is 0.960 bits per heavy atom. The van der Waals surface area contributed by atoms with Crippen LogP contribution < -0.4 is 0 Å². The highest BCUT2D eigenvalue weighted by Gasteiger charge is 2.17. The summed E-state index contributed by atoms with van der Waals surface area (Å²) in [5.74, 6) is 0.531. The Bertz CT molecular complexity index is 806. The van der Waals surface area contributed by atoms with Crippen LogP contribution >= 0.6 is 11.8 Å². The number of benzene rings is 2. The second kappa shape index (κ2) is 8.53. The quantitative estimate of drug-likeness (QED) is 0.574. The molecule has 2 aromatic carbocycles. The van der Waals surface area contributed by atoms with E-state index in [9.17, 15) is 9.18 Å². The minimum Gasteiger partial charge on any atom is -0.467 e. The van der Waals surface area contributed by atoms with E-state index in [1.54, 1.807) is 35.4 Å². The molecule has 0 aliphatic heterocycles. The molecule has 0 aliphatic rings. The number of rotatable bonds is 7. The van der Waals surface area contributed by atoms with Crippen LogP contribution in [-0.2, 0) is 17.9 Å². The van der Waals surface area contributed by atoms with Crippen LogP contribution in [-0.4, -0.2) is 16.6 Å². The summed E-state index contributed by atoms with van der Waals surface area (Å²) < 4.78 is 19.1. The summed E-state index contributed by atoms with van der Waals surface area (Å²) in [5.41, 5.74) is 1.04. The molecule has 3 rings (SSSR count). The van der Waals surface area contributed by atoms with Crippen LogP contribution in [0.25, 0.3) is 0 Å². The van der Waals surface area contributed by atoms with Crippen LogP contribution in [0.15, 0.2) is 82.3 Å². The lowest BCUT2D eigenvalue weighted by Crippen LogP contribution is -2.31. The first-order valence-electron chi connectivity index (χ1n) is 7.94. The van der Waals surface area contributed by atoms with E-state index in [1.807, 2.05) is 36.4 Å². The maximum atomic E-state index is 13.7. The van der Waals surface area contributed by atoms with Crippen LogP contribution in [0.5, 0.6) is 0 Å². The van der Waals surface area contributed by atoms with Gasteiger partial charge in [-0.2, -0.15) is 0 Å². The summed E-state index contributed by atoms with van der Waals surface area (Å²) in [4.78, 5) is 14.9. The summed E-state index contributed by atoms with van der Waals surface area (Å²) in [6.45, 7) is 0.872. The van der Waals surface area contributed by atoms with Crippen LogP contribution in [0.1, 0.15) is 11.3 Å². The van der Waals surface area contributed by atoms with Gasteiger partial charge in [-0.25, -0.2) is 4.39 Å². The molecule has 0 saturated heterocycles. The van der Waals surface area contributed by atoms with Gasteiger partial charge in [-0.3, -0.25) is 4.79 Å². The normalized spacial score (nSPS) is 10.6. The van der Waals surface area contributed by atoms with Crippen molar-refractivity contribution in [2.45, 2.75) is 18.0 Å². The van der Waals surface area contributed by atoms with E-state index in [2.05, 4.69) is 0 Å². The second-order valence-corrected chi connectivity index (χ2v) is 6.55. The molecule has 0 atom stereocenters. The van der Waals surface area contributed by atoms with E-state index in [1.165, 1.54) is 17.8 Å². The Balaban J connectivity index is 1.69.